The van der Waals surface area contributed by atoms with E-state index in [1.54, 1.807) is 0 Å². The Hall–Kier alpha value is -0.450. The summed E-state index contributed by atoms with van der Waals surface area (Å²) in [6.45, 7) is 10.4. The summed E-state index contributed by atoms with van der Waals surface area (Å²) in [5.41, 5.74) is 0.694. The lowest BCUT2D eigenvalue weighted by molar-refractivity contribution is -0.167. The number of carbonyl (C=O) groups excluding carboxylic acids is 1. The molecule has 3 N–H and O–H groups in total. The Morgan fingerprint density at radius 3 is 2.50 bits per heavy atom. The van der Waals surface area contributed by atoms with Crippen LogP contribution in [0.4, 0.5) is 0 Å². The van der Waals surface area contributed by atoms with Crippen molar-refractivity contribution in [1.29, 1.82) is 0 Å². The molecule has 0 aliphatic heterocycles. The van der Waals surface area contributed by atoms with Crippen molar-refractivity contribution in [2.45, 2.75) is 110 Å². The first-order chi connectivity index (χ1) is 15.2. The Balaban J connectivity index is 1.48. The molecule has 4 heteroatoms. The third-order valence-corrected chi connectivity index (χ3v) is 11.3. The molecule has 10 atom stereocenters. The molecular weight excluding hydrogens is 398 g/mol. The van der Waals surface area contributed by atoms with Gasteiger partial charge in [-0.15, -0.1) is 0 Å². The Morgan fingerprint density at radius 2 is 1.78 bits per heavy atom. The first kappa shape index (κ1) is 24.7. The van der Waals surface area contributed by atoms with Gasteiger partial charge in [-0.3, -0.25) is 4.79 Å². The zero-order valence-corrected chi connectivity index (χ0v) is 21.1. The molecule has 0 radical (unpaired) electrons. The van der Waals surface area contributed by atoms with Crippen LogP contribution >= 0.6 is 0 Å². The molecule has 4 rings (SSSR count). The van der Waals surface area contributed by atoms with E-state index in [0.29, 0.717) is 71.1 Å². The van der Waals surface area contributed by atoms with Gasteiger partial charge in [-0.05, 0) is 104 Å². The van der Waals surface area contributed by atoms with E-state index in [4.69, 9.17) is 0 Å². The Morgan fingerprint density at radius 1 is 1.06 bits per heavy atom. The van der Waals surface area contributed by atoms with Crippen molar-refractivity contribution in [1.82, 2.24) is 5.32 Å². The lowest BCUT2D eigenvalue weighted by atomic mass is 9.43. The van der Waals surface area contributed by atoms with E-state index < -0.39 is 0 Å². The molecular formula is C28H49NO3. The smallest absolute Gasteiger partial charge is 0.132 e. The van der Waals surface area contributed by atoms with Crippen LogP contribution in [-0.2, 0) is 4.79 Å². The molecule has 4 aliphatic rings. The van der Waals surface area contributed by atoms with Gasteiger partial charge in [-0.1, -0.05) is 27.7 Å². The molecule has 0 heterocycles. The molecule has 0 saturated heterocycles. The molecule has 4 fully saturated rings. The highest BCUT2D eigenvalue weighted by molar-refractivity contribution is 5.77. The number of ketones is 1. The van der Waals surface area contributed by atoms with Crippen molar-refractivity contribution in [3.8, 4) is 0 Å². The number of Topliss-reactive ketones (excluding diaryl/α,β-unsaturated/α-hetero) is 1. The highest BCUT2D eigenvalue weighted by Gasteiger charge is 2.62. The van der Waals surface area contributed by atoms with E-state index in [1.165, 1.54) is 38.5 Å². The number of nitrogens with one attached hydrogen (secondary N) is 1. The maximum atomic E-state index is 11.9. The van der Waals surface area contributed by atoms with Gasteiger partial charge in [0.05, 0.1) is 12.7 Å². The van der Waals surface area contributed by atoms with Crippen molar-refractivity contribution in [2.75, 3.05) is 13.2 Å². The molecule has 32 heavy (non-hydrogen) atoms. The van der Waals surface area contributed by atoms with E-state index in [9.17, 15) is 15.0 Å². The van der Waals surface area contributed by atoms with Gasteiger partial charge in [0.25, 0.3) is 0 Å². The summed E-state index contributed by atoms with van der Waals surface area (Å²) in [6.07, 6.45) is 12.0. The zero-order valence-electron chi connectivity index (χ0n) is 21.1. The molecule has 0 bridgehead atoms. The number of carbonyl (C=O) groups is 1. The van der Waals surface area contributed by atoms with Gasteiger partial charge in [-0.25, -0.2) is 0 Å². The van der Waals surface area contributed by atoms with Crippen LogP contribution in [0.3, 0.4) is 0 Å². The van der Waals surface area contributed by atoms with Crippen molar-refractivity contribution >= 4 is 5.78 Å². The molecule has 3 unspecified atom stereocenters. The van der Waals surface area contributed by atoms with Crippen LogP contribution in [0.15, 0.2) is 0 Å². The number of hydrogen-bond acceptors (Lipinski definition) is 4. The number of aliphatic hydroxyl groups is 2. The average molecular weight is 448 g/mol. The van der Waals surface area contributed by atoms with Crippen molar-refractivity contribution < 1.29 is 15.0 Å². The molecule has 0 amide bonds. The molecule has 0 aromatic carbocycles. The fourth-order valence-electron chi connectivity index (χ4n) is 9.42. The van der Waals surface area contributed by atoms with E-state index in [0.717, 1.165) is 25.7 Å². The van der Waals surface area contributed by atoms with Gasteiger partial charge < -0.3 is 15.5 Å². The second-order valence-corrected chi connectivity index (χ2v) is 12.6. The van der Waals surface area contributed by atoms with E-state index in [-0.39, 0.29) is 12.7 Å². The zero-order chi connectivity index (χ0) is 23.1. The third-order valence-electron chi connectivity index (χ3n) is 11.3. The summed E-state index contributed by atoms with van der Waals surface area (Å²) in [7, 11) is 0. The second-order valence-electron chi connectivity index (χ2n) is 12.6. The largest absolute Gasteiger partial charge is 0.395 e. The first-order valence-electron chi connectivity index (χ1n) is 13.8. The summed E-state index contributed by atoms with van der Waals surface area (Å²) < 4.78 is 0. The van der Waals surface area contributed by atoms with Crippen molar-refractivity contribution in [3.05, 3.63) is 0 Å². The van der Waals surface area contributed by atoms with Crippen LogP contribution in [0.25, 0.3) is 0 Å². The quantitative estimate of drug-likeness (QED) is 0.492. The molecule has 0 spiro atoms. The first-order valence-corrected chi connectivity index (χ1v) is 13.8. The molecule has 4 saturated carbocycles. The number of fused-ring (bicyclic) bond motifs is 5. The van der Waals surface area contributed by atoms with Crippen LogP contribution in [0.5, 0.6) is 0 Å². The van der Waals surface area contributed by atoms with Crippen LogP contribution in [0, 0.1) is 46.3 Å². The van der Waals surface area contributed by atoms with Gasteiger partial charge in [0.1, 0.15) is 5.78 Å². The van der Waals surface area contributed by atoms with Gasteiger partial charge in [0, 0.05) is 25.4 Å². The van der Waals surface area contributed by atoms with Crippen LogP contribution in [-0.4, -0.2) is 41.3 Å². The molecule has 0 aromatic heterocycles. The summed E-state index contributed by atoms with van der Waals surface area (Å²) >= 11 is 0. The molecule has 4 nitrogen and oxygen atoms in total. The van der Waals surface area contributed by atoms with Gasteiger partial charge >= 0.3 is 0 Å². The summed E-state index contributed by atoms with van der Waals surface area (Å²) in [5, 5.41) is 24.2. The lowest BCUT2D eigenvalue weighted by Gasteiger charge is -2.62. The predicted molar refractivity (Wildman–Crippen MR) is 129 cm³/mol. The summed E-state index contributed by atoms with van der Waals surface area (Å²) in [4.78, 5) is 11.9. The second kappa shape index (κ2) is 9.66. The summed E-state index contributed by atoms with van der Waals surface area (Å²) in [6, 6.07) is 0.500. The monoisotopic (exact) mass is 447 g/mol. The fraction of sp³-hybridized carbons (Fsp3) is 0.964. The van der Waals surface area contributed by atoms with Crippen LogP contribution in [0.2, 0.25) is 0 Å². The SMILES string of the molecule is CCC(=O)CC[C@@H](C)[C@H]1CCC2C3C(CC[C@@]21C)[C@@]1(C)CC[C@@H](NCCO)C[C@H]1C[C@H]3O. The standard InChI is InChI=1S/C28H49NO3/c1-5-21(31)7-6-18(2)22-8-9-23-26-24(11-13-28(22,23)4)27(3)12-10-20(29-14-15-30)16-19(27)17-25(26)32/h18-20,22-26,29-30,32H,5-17H2,1-4H3/t18-,19+,20-,22-,23?,24?,25-,26?,27+,28-/m1/s1. The minimum absolute atomic E-state index is 0.157. The summed E-state index contributed by atoms with van der Waals surface area (Å²) in [5.74, 6) is 4.09. The number of aliphatic hydroxyl groups excluding tert-OH is 2. The van der Waals surface area contributed by atoms with Gasteiger partial charge in [0.15, 0.2) is 0 Å². The topological polar surface area (TPSA) is 69.6 Å². The highest BCUT2D eigenvalue weighted by atomic mass is 16.3. The maximum Gasteiger partial charge on any atom is 0.132 e. The van der Waals surface area contributed by atoms with Crippen molar-refractivity contribution in [2.24, 2.45) is 46.3 Å². The van der Waals surface area contributed by atoms with Crippen molar-refractivity contribution in [3.63, 3.8) is 0 Å². The number of hydrogen-bond donors (Lipinski definition) is 3. The lowest BCUT2D eigenvalue weighted by Crippen LogP contribution is -2.59. The maximum absolute atomic E-state index is 11.9. The number of rotatable bonds is 8. The van der Waals surface area contributed by atoms with Gasteiger partial charge in [0.2, 0.25) is 0 Å². The minimum atomic E-state index is -0.157. The van der Waals surface area contributed by atoms with E-state index in [1.807, 2.05) is 6.92 Å². The molecule has 0 aromatic rings. The Labute approximate surface area is 196 Å². The molecule has 184 valence electrons. The Bertz CT molecular complexity index is 667. The van der Waals surface area contributed by atoms with Crippen LogP contribution in [0.1, 0.15) is 98.3 Å². The molecule has 4 aliphatic carbocycles. The minimum Gasteiger partial charge on any atom is -0.395 e. The van der Waals surface area contributed by atoms with Crippen LogP contribution < -0.4 is 5.32 Å². The average Bonchev–Trinajstić information content (AvgIpc) is 3.13. The predicted octanol–water partition coefficient (Wildman–Crippen LogP) is 4.96. The normalized spacial score (nSPS) is 46.8. The van der Waals surface area contributed by atoms with E-state index >= 15 is 0 Å². The van der Waals surface area contributed by atoms with E-state index in [2.05, 4.69) is 26.1 Å². The fourth-order valence-corrected chi connectivity index (χ4v) is 9.42. The Kier molecular flexibility index (Phi) is 7.45. The van der Waals surface area contributed by atoms with Gasteiger partial charge in [-0.2, -0.15) is 0 Å². The third kappa shape index (κ3) is 4.22. The highest BCUT2D eigenvalue weighted by Crippen LogP contribution is 2.68.